The number of imidazole rings is 1. The minimum absolute atomic E-state index is 0.309. The van der Waals surface area contributed by atoms with Gasteiger partial charge in [-0.3, -0.25) is 4.57 Å². The van der Waals surface area contributed by atoms with Crippen LogP contribution in [0.1, 0.15) is 38.7 Å². The number of hydrogen-bond donors (Lipinski definition) is 2. The Morgan fingerprint density at radius 3 is 2.73 bits per heavy atom. The summed E-state index contributed by atoms with van der Waals surface area (Å²) in [5, 5.41) is 7.16. The lowest BCUT2D eigenvalue weighted by Gasteiger charge is -2.23. The molecule has 30 heavy (non-hydrogen) atoms. The van der Waals surface area contributed by atoms with Crippen molar-refractivity contribution in [2.24, 2.45) is 7.05 Å². The molecule has 0 aliphatic carbocycles. The average Bonchev–Trinajstić information content (AvgIpc) is 3.04. The number of halogens is 1. The lowest BCUT2D eigenvalue weighted by Crippen LogP contribution is -2.26. The number of aromatic nitrogens is 4. The molecule has 156 valence electrons. The first-order chi connectivity index (χ1) is 14.4. The van der Waals surface area contributed by atoms with Gasteiger partial charge in [-0.15, -0.1) is 15.7 Å². The van der Waals surface area contributed by atoms with Crippen molar-refractivity contribution in [1.29, 1.82) is 0 Å². The molecule has 2 unspecified atom stereocenters. The van der Waals surface area contributed by atoms with Crippen LogP contribution in [0.5, 0.6) is 0 Å². The molecule has 2 N–H and O–H groups in total. The van der Waals surface area contributed by atoms with Gasteiger partial charge in [0.25, 0.3) is 0 Å². The van der Waals surface area contributed by atoms with Gasteiger partial charge in [0.1, 0.15) is 19.2 Å². The smallest absolute Gasteiger partial charge is 0.224 e. The first-order valence-corrected chi connectivity index (χ1v) is 10.7. The van der Waals surface area contributed by atoms with Gasteiger partial charge in [0, 0.05) is 18.7 Å². The third-order valence-corrected chi connectivity index (χ3v) is 5.84. The fourth-order valence-electron chi connectivity index (χ4n) is 3.38. The van der Waals surface area contributed by atoms with Crippen LogP contribution in [0, 0.1) is 18.2 Å². The number of rotatable bonds is 8. The van der Waals surface area contributed by atoms with Crippen molar-refractivity contribution in [3.05, 3.63) is 29.7 Å². The summed E-state index contributed by atoms with van der Waals surface area (Å²) in [5.74, 6) is 3.57. The Labute approximate surface area is 180 Å². The average molecular weight is 424 g/mol. The Morgan fingerprint density at radius 2 is 2.10 bits per heavy atom. The maximum Gasteiger partial charge on any atom is 0.224 e. The van der Waals surface area contributed by atoms with E-state index in [4.69, 9.17) is 6.42 Å². The predicted octanol–water partition coefficient (Wildman–Crippen LogP) is 3.14. The molecule has 2 aromatic heterocycles. The number of fused-ring (bicyclic) bond motifs is 1. The van der Waals surface area contributed by atoms with Crippen LogP contribution in [-0.2, 0) is 7.05 Å². The topological polar surface area (TPSA) is 67.7 Å². The molecular weight excluding hydrogens is 397 g/mol. The van der Waals surface area contributed by atoms with E-state index >= 15 is 0 Å². The summed E-state index contributed by atoms with van der Waals surface area (Å²) in [4.78, 5) is 13.6. The second-order valence-electron chi connectivity index (χ2n) is 7.51. The normalized spacial score (nSPS) is 13.1. The molecule has 0 aliphatic heterocycles. The standard InChI is InChI=1S/C21H27BFN6P/c1-5-8-15(13(22)7-3)25-20-24-11-16-19(28-20)29(4)21(26-16)27-18-14(23)9-12(6-2)10-17(18)30/h2,9-11,13,15H,5,7-8,22,30H2,1,3-4H3,(H,26,27)(H,24,25,28)/t13-,15?/m1/s1. The van der Waals surface area contributed by atoms with Crippen LogP contribution < -0.4 is 15.9 Å². The highest BCUT2D eigenvalue weighted by atomic mass is 31.0. The lowest BCUT2D eigenvalue weighted by molar-refractivity contribution is 0.582. The van der Waals surface area contributed by atoms with E-state index in [0.717, 1.165) is 19.3 Å². The van der Waals surface area contributed by atoms with E-state index in [1.165, 1.54) is 6.07 Å². The highest BCUT2D eigenvalue weighted by Crippen LogP contribution is 2.25. The van der Waals surface area contributed by atoms with Crippen molar-refractivity contribution in [3.8, 4) is 12.3 Å². The maximum absolute atomic E-state index is 14.5. The number of aryl methyl sites for hydroxylation is 1. The maximum atomic E-state index is 14.5. The van der Waals surface area contributed by atoms with Crippen LogP contribution in [0.4, 0.5) is 22.0 Å². The van der Waals surface area contributed by atoms with Crippen molar-refractivity contribution < 1.29 is 4.39 Å². The minimum atomic E-state index is -0.438. The second kappa shape index (κ2) is 9.44. The molecule has 9 heteroatoms. The van der Waals surface area contributed by atoms with Gasteiger partial charge >= 0.3 is 0 Å². The molecule has 3 rings (SSSR count). The Morgan fingerprint density at radius 1 is 1.33 bits per heavy atom. The van der Waals surface area contributed by atoms with Crippen molar-refractivity contribution in [2.45, 2.75) is 45.0 Å². The second-order valence-corrected chi connectivity index (χ2v) is 8.14. The van der Waals surface area contributed by atoms with Gasteiger partial charge in [-0.05, 0) is 23.9 Å². The van der Waals surface area contributed by atoms with Crippen LogP contribution in [0.15, 0.2) is 18.3 Å². The summed E-state index contributed by atoms with van der Waals surface area (Å²) in [5.41, 5.74) is 2.09. The summed E-state index contributed by atoms with van der Waals surface area (Å²) in [6, 6.07) is 3.36. The van der Waals surface area contributed by atoms with Gasteiger partial charge in [-0.1, -0.05) is 38.4 Å². The van der Waals surface area contributed by atoms with E-state index in [9.17, 15) is 4.39 Å². The van der Waals surface area contributed by atoms with Crippen molar-refractivity contribution in [3.63, 3.8) is 0 Å². The summed E-state index contributed by atoms with van der Waals surface area (Å²) in [6.45, 7) is 4.36. The van der Waals surface area contributed by atoms with E-state index in [0.29, 0.717) is 51.5 Å². The molecule has 6 nitrogen and oxygen atoms in total. The number of terminal acetylenes is 1. The third-order valence-electron chi connectivity index (χ3n) is 5.38. The molecule has 0 aliphatic rings. The molecule has 0 radical (unpaired) electrons. The predicted molar refractivity (Wildman–Crippen MR) is 128 cm³/mol. The number of nitrogens with zero attached hydrogens (tertiary/aromatic N) is 4. The number of nitrogens with one attached hydrogen (secondary N) is 2. The van der Waals surface area contributed by atoms with Crippen molar-refractivity contribution in [1.82, 2.24) is 19.5 Å². The van der Waals surface area contributed by atoms with Gasteiger partial charge < -0.3 is 10.6 Å². The Balaban J connectivity index is 1.91. The Kier molecular flexibility index (Phi) is 6.94. The molecular formula is C21H27BFN6P. The van der Waals surface area contributed by atoms with E-state index < -0.39 is 5.82 Å². The summed E-state index contributed by atoms with van der Waals surface area (Å²) in [7, 11) is 6.57. The van der Waals surface area contributed by atoms with E-state index in [2.05, 4.69) is 62.4 Å². The zero-order valence-corrected chi connectivity index (χ0v) is 19.0. The molecule has 0 saturated heterocycles. The SMILES string of the molecule is B[C@H](CC)C(CCC)Nc1ncc2nc(Nc3c(F)cc(C#C)cc3P)n(C)c2n1. The third kappa shape index (κ3) is 4.57. The number of anilines is 3. The molecule has 0 fully saturated rings. The van der Waals surface area contributed by atoms with Crippen LogP contribution >= 0.6 is 9.24 Å². The lowest BCUT2D eigenvalue weighted by atomic mass is 9.77. The van der Waals surface area contributed by atoms with Crippen LogP contribution in [0.3, 0.4) is 0 Å². The van der Waals surface area contributed by atoms with Gasteiger partial charge in [0.05, 0.1) is 11.9 Å². The van der Waals surface area contributed by atoms with Gasteiger partial charge in [-0.2, -0.15) is 4.98 Å². The van der Waals surface area contributed by atoms with E-state index in [-0.39, 0.29) is 0 Å². The first kappa shape index (κ1) is 22.0. The minimum Gasteiger partial charge on any atom is -0.352 e. The molecule has 0 spiro atoms. The molecule has 3 aromatic rings. The van der Waals surface area contributed by atoms with Gasteiger partial charge in [0.15, 0.2) is 5.65 Å². The zero-order chi connectivity index (χ0) is 21.8. The van der Waals surface area contributed by atoms with Gasteiger partial charge in [-0.25, -0.2) is 14.4 Å². The quantitative estimate of drug-likeness (QED) is 0.331. The van der Waals surface area contributed by atoms with E-state index in [1.807, 2.05) is 7.05 Å². The summed E-state index contributed by atoms with van der Waals surface area (Å²) >= 11 is 0. The van der Waals surface area contributed by atoms with Crippen LogP contribution in [0.2, 0.25) is 5.82 Å². The van der Waals surface area contributed by atoms with Gasteiger partial charge in [0.2, 0.25) is 11.9 Å². The van der Waals surface area contributed by atoms with E-state index in [1.54, 1.807) is 16.8 Å². The Hall–Kier alpha value is -2.65. The molecule has 2 heterocycles. The monoisotopic (exact) mass is 424 g/mol. The molecule has 1 aromatic carbocycles. The summed E-state index contributed by atoms with van der Waals surface area (Å²) < 4.78 is 16.3. The van der Waals surface area contributed by atoms with Crippen LogP contribution in [0.25, 0.3) is 11.2 Å². The van der Waals surface area contributed by atoms with Crippen molar-refractivity contribution >= 4 is 51.1 Å². The van der Waals surface area contributed by atoms with Crippen molar-refractivity contribution in [2.75, 3.05) is 10.6 Å². The highest BCUT2D eigenvalue weighted by molar-refractivity contribution is 7.28. The largest absolute Gasteiger partial charge is 0.352 e. The van der Waals surface area contributed by atoms with Crippen LogP contribution in [-0.4, -0.2) is 33.4 Å². The number of benzene rings is 1. The fraction of sp³-hybridized carbons (Fsp3) is 0.381. The first-order valence-electron chi connectivity index (χ1n) is 10.2. The molecule has 0 bridgehead atoms. The zero-order valence-electron chi connectivity index (χ0n) is 17.8. The molecule has 0 amide bonds. The summed E-state index contributed by atoms with van der Waals surface area (Å²) in [6.07, 6.45) is 10.3. The molecule has 0 saturated carbocycles. The number of hydrogen-bond acceptors (Lipinski definition) is 5. The fourth-order valence-corrected chi connectivity index (χ4v) is 3.77. The highest BCUT2D eigenvalue weighted by Gasteiger charge is 2.18. The Bertz CT molecular complexity index is 1070. The molecule has 3 atom stereocenters.